The first kappa shape index (κ1) is 17.5. The predicted molar refractivity (Wildman–Crippen MR) is 103 cm³/mol. The van der Waals surface area contributed by atoms with Gasteiger partial charge in [-0.2, -0.15) is 0 Å². The summed E-state index contributed by atoms with van der Waals surface area (Å²) in [6.45, 7) is 2.34. The van der Waals surface area contributed by atoms with Crippen LogP contribution in [0.1, 0.15) is 29.5 Å². The van der Waals surface area contributed by atoms with Crippen molar-refractivity contribution >= 4 is 21.5 Å². The molecule has 3 aromatic rings. The van der Waals surface area contributed by atoms with Crippen LogP contribution in [-0.4, -0.2) is 23.8 Å². The molecule has 2 heterocycles. The number of aryl methyl sites for hydroxylation is 1. The molecule has 1 aromatic heterocycles. The van der Waals surface area contributed by atoms with E-state index in [4.69, 9.17) is 0 Å². The Kier molecular flexibility index (Phi) is 4.31. The molecule has 0 saturated carbocycles. The fourth-order valence-electron chi connectivity index (χ4n) is 3.33. The van der Waals surface area contributed by atoms with Crippen LogP contribution in [0.3, 0.4) is 0 Å². The SMILES string of the molecule is CC(=O)c1cccc(S(=O)(=O)Nc2cccc(-c3cnc4n3CCC4)c2)c1. The van der Waals surface area contributed by atoms with E-state index in [0.717, 1.165) is 36.5 Å². The monoisotopic (exact) mass is 381 g/mol. The maximum absolute atomic E-state index is 12.7. The molecule has 0 aliphatic carbocycles. The third kappa shape index (κ3) is 3.38. The predicted octanol–water partition coefficient (Wildman–Crippen LogP) is 3.50. The van der Waals surface area contributed by atoms with Crippen molar-refractivity contribution in [3.05, 3.63) is 66.1 Å². The van der Waals surface area contributed by atoms with E-state index in [2.05, 4.69) is 14.3 Å². The molecule has 1 aliphatic heterocycles. The van der Waals surface area contributed by atoms with Crippen molar-refractivity contribution in [1.82, 2.24) is 9.55 Å². The van der Waals surface area contributed by atoms with Crippen molar-refractivity contribution < 1.29 is 13.2 Å². The van der Waals surface area contributed by atoms with Gasteiger partial charge in [0.2, 0.25) is 0 Å². The lowest BCUT2D eigenvalue weighted by Gasteiger charge is -2.11. The van der Waals surface area contributed by atoms with E-state index in [9.17, 15) is 13.2 Å². The summed E-state index contributed by atoms with van der Waals surface area (Å²) < 4.78 is 30.2. The molecule has 0 radical (unpaired) electrons. The molecule has 4 rings (SSSR count). The van der Waals surface area contributed by atoms with Gasteiger partial charge in [0, 0.05) is 29.8 Å². The molecule has 2 aromatic carbocycles. The van der Waals surface area contributed by atoms with Gasteiger partial charge in [0.05, 0.1) is 16.8 Å². The Bertz CT molecular complexity index is 1130. The van der Waals surface area contributed by atoms with Gasteiger partial charge in [-0.1, -0.05) is 24.3 Å². The number of hydrogen-bond acceptors (Lipinski definition) is 4. The highest BCUT2D eigenvalue weighted by molar-refractivity contribution is 7.92. The number of carbonyl (C=O) groups excluding carboxylic acids is 1. The first-order valence-corrected chi connectivity index (χ1v) is 10.2. The smallest absolute Gasteiger partial charge is 0.261 e. The Morgan fingerprint density at radius 3 is 2.78 bits per heavy atom. The minimum Gasteiger partial charge on any atom is -0.328 e. The Hall–Kier alpha value is -2.93. The highest BCUT2D eigenvalue weighted by Crippen LogP contribution is 2.28. The molecule has 27 heavy (non-hydrogen) atoms. The van der Waals surface area contributed by atoms with E-state index in [0.29, 0.717) is 11.3 Å². The second-order valence-corrected chi connectivity index (χ2v) is 8.27. The van der Waals surface area contributed by atoms with Gasteiger partial charge in [0.15, 0.2) is 5.78 Å². The molecule has 1 aliphatic rings. The van der Waals surface area contributed by atoms with Gasteiger partial charge in [-0.15, -0.1) is 0 Å². The number of nitrogens with one attached hydrogen (secondary N) is 1. The zero-order chi connectivity index (χ0) is 19.0. The molecule has 7 heteroatoms. The standard InChI is InChI=1S/C20H19N3O3S/c1-14(24)15-5-3-8-18(12-15)27(25,26)22-17-7-2-6-16(11-17)19-13-21-20-9-4-10-23(19)20/h2-3,5-8,11-13,22H,4,9-10H2,1H3. The quantitative estimate of drug-likeness (QED) is 0.686. The van der Waals surface area contributed by atoms with Crippen LogP contribution in [0.4, 0.5) is 5.69 Å². The lowest BCUT2D eigenvalue weighted by atomic mass is 10.1. The van der Waals surface area contributed by atoms with E-state index in [1.54, 1.807) is 24.3 Å². The number of imidazole rings is 1. The number of sulfonamides is 1. The molecular formula is C20H19N3O3S. The van der Waals surface area contributed by atoms with Crippen LogP contribution in [0.2, 0.25) is 0 Å². The van der Waals surface area contributed by atoms with Crippen molar-refractivity contribution in [3.63, 3.8) is 0 Å². The van der Waals surface area contributed by atoms with Crippen LogP contribution in [0.5, 0.6) is 0 Å². The maximum Gasteiger partial charge on any atom is 0.261 e. The molecule has 6 nitrogen and oxygen atoms in total. The van der Waals surface area contributed by atoms with E-state index in [1.807, 2.05) is 18.3 Å². The number of Topliss-reactive ketones (excluding diaryl/α,β-unsaturated/α-hetero) is 1. The van der Waals surface area contributed by atoms with E-state index < -0.39 is 10.0 Å². The lowest BCUT2D eigenvalue weighted by molar-refractivity contribution is 0.101. The second kappa shape index (κ2) is 6.66. The van der Waals surface area contributed by atoms with Gasteiger partial charge in [0.1, 0.15) is 5.82 Å². The summed E-state index contributed by atoms with van der Waals surface area (Å²) >= 11 is 0. The fourth-order valence-corrected chi connectivity index (χ4v) is 4.42. The fraction of sp³-hybridized carbons (Fsp3) is 0.200. The highest BCUT2D eigenvalue weighted by Gasteiger charge is 2.18. The number of fused-ring (bicyclic) bond motifs is 1. The number of aromatic nitrogens is 2. The molecule has 1 N–H and O–H groups in total. The molecule has 0 amide bonds. The van der Waals surface area contributed by atoms with Gasteiger partial charge in [-0.05, 0) is 37.6 Å². The molecule has 138 valence electrons. The largest absolute Gasteiger partial charge is 0.328 e. The summed E-state index contributed by atoms with van der Waals surface area (Å²) in [7, 11) is -3.79. The minimum atomic E-state index is -3.79. The summed E-state index contributed by atoms with van der Waals surface area (Å²) in [5.41, 5.74) is 2.73. The summed E-state index contributed by atoms with van der Waals surface area (Å²) in [5.74, 6) is 0.890. The first-order chi connectivity index (χ1) is 12.9. The Morgan fingerprint density at radius 2 is 1.96 bits per heavy atom. The summed E-state index contributed by atoms with van der Waals surface area (Å²) in [6, 6.07) is 13.3. The zero-order valence-electron chi connectivity index (χ0n) is 14.8. The number of nitrogens with zero attached hydrogens (tertiary/aromatic N) is 2. The molecule has 0 saturated heterocycles. The van der Waals surface area contributed by atoms with Crippen molar-refractivity contribution in [1.29, 1.82) is 0 Å². The maximum atomic E-state index is 12.7. The van der Waals surface area contributed by atoms with Gasteiger partial charge in [0.25, 0.3) is 10.0 Å². The summed E-state index contributed by atoms with van der Waals surface area (Å²) in [4.78, 5) is 16.0. The Morgan fingerprint density at radius 1 is 1.15 bits per heavy atom. The van der Waals surface area contributed by atoms with Crippen LogP contribution < -0.4 is 4.72 Å². The number of benzene rings is 2. The Labute approximate surface area is 157 Å². The Balaban J connectivity index is 1.65. The summed E-state index contributed by atoms with van der Waals surface area (Å²) in [5, 5.41) is 0. The number of hydrogen-bond donors (Lipinski definition) is 1. The van der Waals surface area contributed by atoms with Crippen molar-refractivity contribution in [2.75, 3.05) is 4.72 Å². The molecule has 0 atom stereocenters. The van der Waals surface area contributed by atoms with Gasteiger partial charge < -0.3 is 4.57 Å². The van der Waals surface area contributed by atoms with Crippen LogP contribution in [0.25, 0.3) is 11.3 Å². The second-order valence-electron chi connectivity index (χ2n) is 6.59. The molecule has 0 unspecified atom stereocenters. The number of carbonyl (C=O) groups is 1. The number of rotatable bonds is 5. The third-order valence-electron chi connectivity index (χ3n) is 4.68. The first-order valence-electron chi connectivity index (χ1n) is 8.73. The van der Waals surface area contributed by atoms with Gasteiger partial charge in [-0.3, -0.25) is 9.52 Å². The van der Waals surface area contributed by atoms with E-state index in [1.165, 1.54) is 19.1 Å². The van der Waals surface area contributed by atoms with Gasteiger partial charge >= 0.3 is 0 Å². The molecule has 0 spiro atoms. The van der Waals surface area contributed by atoms with Crippen LogP contribution in [0.15, 0.2) is 59.6 Å². The molecule has 0 bridgehead atoms. The molecule has 0 fully saturated rings. The molecular weight excluding hydrogens is 362 g/mol. The number of ketones is 1. The third-order valence-corrected chi connectivity index (χ3v) is 6.06. The van der Waals surface area contributed by atoms with Crippen molar-refractivity contribution in [3.8, 4) is 11.3 Å². The van der Waals surface area contributed by atoms with Crippen LogP contribution in [0, 0.1) is 0 Å². The lowest BCUT2D eigenvalue weighted by Crippen LogP contribution is -2.13. The average molecular weight is 381 g/mol. The average Bonchev–Trinajstić information content (AvgIpc) is 3.25. The number of anilines is 1. The summed E-state index contributed by atoms with van der Waals surface area (Å²) in [6.07, 6.45) is 3.88. The van der Waals surface area contributed by atoms with Crippen LogP contribution in [-0.2, 0) is 23.0 Å². The van der Waals surface area contributed by atoms with Gasteiger partial charge in [-0.25, -0.2) is 13.4 Å². The van der Waals surface area contributed by atoms with E-state index in [-0.39, 0.29) is 10.7 Å². The minimum absolute atomic E-state index is 0.0610. The highest BCUT2D eigenvalue weighted by atomic mass is 32.2. The zero-order valence-corrected chi connectivity index (χ0v) is 15.7. The van der Waals surface area contributed by atoms with Crippen LogP contribution >= 0.6 is 0 Å². The van der Waals surface area contributed by atoms with Crippen molar-refractivity contribution in [2.24, 2.45) is 0 Å². The normalized spacial score (nSPS) is 13.4. The van der Waals surface area contributed by atoms with E-state index >= 15 is 0 Å². The van der Waals surface area contributed by atoms with Crippen molar-refractivity contribution in [2.45, 2.75) is 31.2 Å². The topological polar surface area (TPSA) is 81.1 Å².